The standard InChI is InChI=1S/C15H16N2O/c1-11-4-2-3-5-12(11)13-6-9-16-14(17-13)15(10-18)7-8-15/h2-6,9,18H,7-8,10H2,1H3. The van der Waals surface area contributed by atoms with Crippen LogP contribution in [-0.2, 0) is 5.41 Å². The molecule has 0 bridgehead atoms. The van der Waals surface area contributed by atoms with Crippen molar-refractivity contribution in [1.82, 2.24) is 9.97 Å². The van der Waals surface area contributed by atoms with Crippen molar-refractivity contribution in [2.24, 2.45) is 0 Å². The summed E-state index contributed by atoms with van der Waals surface area (Å²) in [5, 5.41) is 9.45. The molecular formula is C15H16N2O. The van der Waals surface area contributed by atoms with Crippen LogP contribution < -0.4 is 0 Å². The number of hydrogen-bond donors (Lipinski definition) is 1. The Hall–Kier alpha value is -1.74. The van der Waals surface area contributed by atoms with Crippen molar-refractivity contribution in [2.45, 2.75) is 25.2 Å². The molecule has 1 aromatic carbocycles. The van der Waals surface area contributed by atoms with Crippen LogP contribution in [0.15, 0.2) is 36.5 Å². The summed E-state index contributed by atoms with van der Waals surface area (Å²) in [7, 11) is 0. The van der Waals surface area contributed by atoms with Gasteiger partial charge in [0.25, 0.3) is 0 Å². The molecule has 0 aliphatic heterocycles. The maximum Gasteiger partial charge on any atom is 0.137 e. The first kappa shape index (κ1) is 11.4. The van der Waals surface area contributed by atoms with Crippen LogP contribution >= 0.6 is 0 Å². The second kappa shape index (κ2) is 4.18. The van der Waals surface area contributed by atoms with E-state index in [1.165, 1.54) is 5.56 Å². The van der Waals surface area contributed by atoms with Gasteiger partial charge in [-0.2, -0.15) is 0 Å². The molecule has 0 spiro atoms. The van der Waals surface area contributed by atoms with E-state index in [9.17, 15) is 5.11 Å². The summed E-state index contributed by atoms with van der Waals surface area (Å²) in [4.78, 5) is 8.97. The lowest BCUT2D eigenvalue weighted by Gasteiger charge is -2.12. The molecule has 0 amide bonds. The number of hydrogen-bond acceptors (Lipinski definition) is 3. The smallest absolute Gasteiger partial charge is 0.137 e. The highest BCUT2D eigenvalue weighted by molar-refractivity contribution is 5.63. The first-order chi connectivity index (χ1) is 8.75. The van der Waals surface area contributed by atoms with Gasteiger partial charge in [-0.3, -0.25) is 0 Å². The van der Waals surface area contributed by atoms with Gasteiger partial charge in [-0.25, -0.2) is 9.97 Å². The van der Waals surface area contributed by atoms with Crippen molar-refractivity contribution in [3.8, 4) is 11.3 Å². The van der Waals surface area contributed by atoms with Gasteiger partial charge < -0.3 is 5.11 Å². The van der Waals surface area contributed by atoms with Crippen LogP contribution in [0.3, 0.4) is 0 Å². The lowest BCUT2D eigenvalue weighted by molar-refractivity contribution is 0.250. The van der Waals surface area contributed by atoms with E-state index in [0.29, 0.717) is 0 Å². The van der Waals surface area contributed by atoms with Gasteiger partial charge in [0, 0.05) is 11.8 Å². The Balaban J connectivity index is 2.04. The van der Waals surface area contributed by atoms with Gasteiger partial charge in [-0.15, -0.1) is 0 Å². The Bertz CT molecular complexity index is 576. The molecule has 0 radical (unpaired) electrons. The number of aliphatic hydroxyl groups is 1. The van der Waals surface area contributed by atoms with Crippen LogP contribution in [0.1, 0.15) is 24.2 Å². The Morgan fingerprint density at radius 1 is 1.22 bits per heavy atom. The number of nitrogens with zero attached hydrogens (tertiary/aromatic N) is 2. The van der Waals surface area contributed by atoms with Crippen molar-refractivity contribution in [3.05, 3.63) is 47.9 Å². The van der Waals surface area contributed by atoms with Gasteiger partial charge in [0.1, 0.15) is 5.82 Å². The first-order valence-corrected chi connectivity index (χ1v) is 6.26. The average Bonchev–Trinajstić information content (AvgIpc) is 3.20. The van der Waals surface area contributed by atoms with Crippen LogP contribution in [0.4, 0.5) is 0 Å². The van der Waals surface area contributed by atoms with Crippen LogP contribution in [0.5, 0.6) is 0 Å². The third-order valence-corrected chi connectivity index (χ3v) is 3.71. The Morgan fingerprint density at radius 3 is 2.67 bits per heavy atom. The molecule has 3 nitrogen and oxygen atoms in total. The van der Waals surface area contributed by atoms with E-state index in [1.807, 2.05) is 18.2 Å². The Labute approximate surface area is 107 Å². The van der Waals surface area contributed by atoms with Gasteiger partial charge in [0.15, 0.2) is 0 Å². The zero-order chi connectivity index (χ0) is 12.6. The number of rotatable bonds is 3. The van der Waals surface area contributed by atoms with Crippen LogP contribution in [0, 0.1) is 6.92 Å². The van der Waals surface area contributed by atoms with E-state index in [4.69, 9.17) is 0 Å². The SMILES string of the molecule is Cc1ccccc1-c1ccnc(C2(CO)CC2)n1. The molecule has 92 valence electrons. The van der Waals surface area contributed by atoms with Crippen molar-refractivity contribution in [1.29, 1.82) is 0 Å². The predicted octanol–water partition coefficient (Wildman–Crippen LogP) is 2.48. The molecule has 1 aliphatic rings. The second-order valence-electron chi connectivity index (χ2n) is 5.02. The number of benzene rings is 1. The van der Waals surface area contributed by atoms with Crippen molar-refractivity contribution < 1.29 is 5.11 Å². The maximum atomic E-state index is 9.45. The number of aryl methyl sites for hydroxylation is 1. The maximum absolute atomic E-state index is 9.45. The lowest BCUT2D eigenvalue weighted by Crippen LogP contribution is -2.16. The fourth-order valence-corrected chi connectivity index (χ4v) is 2.23. The highest BCUT2D eigenvalue weighted by Gasteiger charge is 2.46. The molecule has 1 N–H and O–H groups in total. The first-order valence-electron chi connectivity index (χ1n) is 6.26. The topological polar surface area (TPSA) is 46.0 Å². The average molecular weight is 240 g/mol. The second-order valence-corrected chi connectivity index (χ2v) is 5.02. The highest BCUT2D eigenvalue weighted by Crippen LogP contribution is 2.46. The molecule has 3 heteroatoms. The van der Waals surface area contributed by atoms with Crippen LogP contribution in [0.2, 0.25) is 0 Å². The van der Waals surface area contributed by atoms with E-state index < -0.39 is 0 Å². The largest absolute Gasteiger partial charge is 0.395 e. The lowest BCUT2D eigenvalue weighted by atomic mass is 10.0. The molecule has 0 unspecified atom stereocenters. The van der Waals surface area contributed by atoms with E-state index in [-0.39, 0.29) is 12.0 Å². The minimum absolute atomic E-state index is 0.143. The molecule has 1 heterocycles. The summed E-state index contributed by atoms with van der Waals surface area (Å²) in [5.74, 6) is 0.783. The minimum atomic E-state index is -0.168. The molecule has 1 saturated carbocycles. The Morgan fingerprint density at radius 2 is 2.00 bits per heavy atom. The van der Waals surface area contributed by atoms with Gasteiger partial charge in [-0.1, -0.05) is 24.3 Å². The van der Waals surface area contributed by atoms with E-state index in [1.54, 1.807) is 6.20 Å². The summed E-state index contributed by atoms with van der Waals surface area (Å²) in [6, 6.07) is 10.1. The molecule has 0 atom stereocenters. The van der Waals surface area contributed by atoms with E-state index >= 15 is 0 Å². The molecule has 1 fully saturated rings. The minimum Gasteiger partial charge on any atom is -0.395 e. The van der Waals surface area contributed by atoms with Crippen molar-refractivity contribution in [2.75, 3.05) is 6.61 Å². The predicted molar refractivity (Wildman–Crippen MR) is 70.2 cm³/mol. The zero-order valence-electron chi connectivity index (χ0n) is 10.4. The Kier molecular flexibility index (Phi) is 2.63. The van der Waals surface area contributed by atoms with E-state index in [2.05, 4.69) is 29.0 Å². The number of aliphatic hydroxyl groups excluding tert-OH is 1. The normalized spacial score (nSPS) is 16.6. The molecular weight excluding hydrogens is 224 g/mol. The molecule has 3 rings (SSSR count). The monoisotopic (exact) mass is 240 g/mol. The zero-order valence-corrected chi connectivity index (χ0v) is 10.4. The third-order valence-electron chi connectivity index (χ3n) is 3.71. The van der Waals surface area contributed by atoms with Crippen LogP contribution in [-0.4, -0.2) is 21.7 Å². The summed E-state index contributed by atoms with van der Waals surface area (Å²) < 4.78 is 0. The highest BCUT2D eigenvalue weighted by atomic mass is 16.3. The molecule has 1 aromatic heterocycles. The van der Waals surface area contributed by atoms with Crippen LogP contribution in [0.25, 0.3) is 11.3 Å². The van der Waals surface area contributed by atoms with Crippen molar-refractivity contribution >= 4 is 0 Å². The third kappa shape index (κ3) is 1.81. The summed E-state index contributed by atoms with van der Waals surface area (Å²) in [6.45, 7) is 2.22. The summed E-state index contributed by atoms with van der Waals surface area (Å²) in [5.41, 5.74) is 3.11. The van der Waals surface area contributed by atoms with Gasteiger partial charge in [-0.05, 0) is 31.4 Å². The van der Waals surface area contributed by atoms with Gasteiger partial charge >= 0.3 is 0 Å². The van der Waals surface area contributed by atoms with Crippen molar-refractivity contribution in [3.63, 3.8) is 0 Å². The quantitative estimate of drug-likeness (QED) is 0.896. The number of aromatic nitrogens is 2. The molecule has 2 aromatic rings. The fraction of sp³-hybridized carbons (Fsp3) is 0.333. The van der Waals surface area contributed by atoms with Gasteiger partial charge in [0.05, 0.1) is 17.7 Å². The molecule has 0 saturated heterocycles. The summed E-state index contributed by atoms with van der Waals surface area (Å²) in [6.07, 6.45) is 3.77. The van der Waals surface area contributed by atoms with E-state index in [0.717, 1.165) is 29.9 Å². The molecule has 1 aliphatic carbocycles. The molecule has 18 heavy (non-hydrogen) atoms. The summed E-state index contributed by atoms with van der Waals surface area (Å²) >= 11 is 0. The van der Waals surface area contributed by atoms with Gasteiger partial charge in [0.2, 0.25) is 0 Å². The fourth-order valence-electron chi connectivity index (χ4n) is 2.23.